The Morgan fingerprint density at radius 1 is 0.604 bits per heavy atom. The van der Waals surface area contributed by atoms with Crippen LogP contribution in [0, 0.1) is 24.8 Å². The van der Waals surface area contributed by atoms with Gasteiger partial charge >= 0.3 is 12.4 Å². The summed E-state index contributed by atoms with van der Waals surface area (Å²) in [5, 5.41) is 10.0. The highest BCUT2D eigenvalue weighted by Crippen LogP contribution is 2.58. The van der Waals surface area contributed by atoms with Gasteiger partial charge in [0.2, 0.25) is 0 Å². The topological polar surface area (TPSA) is 28.1 Å². The van der Waals surface area contributed by atoms with E-state index in [9.17, 15) is 31.6 Å². The van der Waals surface area contributed by atoms with Crippen LogP contribution < -0.4 is 0 Å². The van der Waals surface area contributed by atoms with E-state index in [1.54, 1.807) is 31.2 Å². The molecule has 0 spiro atoms. The van der Waals surface area contributed by atoms with Gasteiger partial charge in [0.25, 0.3) is 5.70 Å². The molecule has 0 heterocycles. The first-order valence-corrected chi connectivity index (χ1v) is 14.8. The summed E-state index contributed by atoms with van der Waals surface area (Å²) in [6, 6.07) is 28.6. The van der Waals surface area contributed by atoms with Crippen LogP contribution in [-0.2, 0) is 6.18 Å². The number of hydrogen-bond donors (Lipinski definition) is 0. The predicted octanol–water partition coefficient (Wildman–Crippen LogP) is 11.9. The van der Waals surface area contributed by atoms with Gasteiger partial charge in [-0.2, -0.15) is 31.6 Å². The second-order valence-corrected chi connectivity index (χ2v) is 11.8. The number of aryl methyl sites for hydroxylation is 1. The average Bonchev–Trinajstić information content (AvgIpc) is 3.56. The first-order valence-electron chi connectivity index (χ1n) is 14.8. The Balaban J connectivity index is 1.50. The number of nitriles is 1. The Morgan fingerprint density at radius 3 is 1.50 bits per heavy atom. The van der Waals surface area contributed by atoms with Crippen molar-refractivity contribution in [1.29, 1.82) is 5.26 Å². The van der Waals surface area contributed by atoms with Crippen LogP contribution in [0.5, 0.6) is 0 Å². The molecule has 7 rings (SSSR count). The van der Waals surface area contributed by atoms with E-state index in [1.807, 2.05) is 49.4 Å². The van der Waals surface area contributed by atoms with Crippen LogP contribution >= 0.6 is 0 Å². The molecule has 0 amide bonds. The molecule has 5 aromatic rings. The zero-order chi connectivity index (χ0) is 34.1. The Kier molecular flexibility index (Phi) is 6.96. The van der Waals surface area contributed by atoms with Crippen LogP contribution in [0.25, 0.3) is 60.5 Å². The van der Waals surface area contributed by atoms with Crippen LogP contribution in [0.15, 0.2) is 108 Å². The minimum absolute atomic E-state index is 0.159. The second kappa shape index (κ2) is 10.9. The summed E-state index contributed by atoms with van der Waals surface area (Å²) < 4.78 is 83.1. The van der Waals surface area contributed by atoms with Crippen molar-refractivity contribution in [2.24, 2.45) is 0 Å². The molecule has 2 nitrogen and oxygen atoms in total. The molecule has 0 fully saturated rings. The van der Waals surface area contributed by atoms with Crippen molar-refractivity contribution in [3.05, 3.63) is 153 Å². The normalized spacial score (nSPS) is 15.1. The Hall–Kier alpha value is -5.86. The van der Waals surface area contributed by atoms with Crippen molar-refractivity contribution in [3.8, 4) is 50.6 Å². The van der Waals surface area contributed by atoms with Crippen LogP contribution in [0.1, 0.15) is 40.3 Å². The molecule has 48 heavy (non-hydrogen) atoms. The lowest BCUT2D eigenvalue weighted by Crippen LogP contribution is -2.11. The van der Waals surface area contributed by atoms with Gasteiger partial charge in [-0.25, -0.2) is 4.85 Å². The molecule has 0 radical (unpaired) electrons. The van der Waals surface area contributed by atoms with E-state index >= 15 is 0 Å². The molecule has 5 aromatic carbocycles. The summed E-state index contributed by atoms with van der Waals surface area (Å²) in [5.74, 6) is 0. The van der Waals surface area contributed by atoms with Crippen molar-refractivity contribution in [2.45, 2.75) is 26.2 Å². The third kappa shape index (κ3) is 4.80. The molecule has 0 N–H and O–H groups in total. The third-order valence-electron chi connectivity index (χ3n) is 8.95. The average molecular weight is 645 g/mol. The van der Waals surface area contributed by atoms with Gasteiger partial charge in [-0.3, -0.25) is 0 Å². The SMILES string of the molecule is [C-]#[N+]/C(=C1/c2cc(-c3ccc(C(F)(F)F)cc3)ccc2-c2c1ccc1c2-c2ccc(-c3ccc(C)cc3)cc2/C1=C(\C)C#N)C(F)(F)F. The number of halogens is 6. The zero-order valence-corrected chi connectivity index (χ0v) is 25.4. The maximum absolute atomic E-state index is 14.5. The second-order valence-electron chi connectivity index (χ2n) is 11.8. The first-order chi connectivity index (χ1) is 22.8. The molecule has 0 atom stereocenters. The lowest BCUT2D eigenvalue weighted by molar-refractivity contribution is -0.137. The van der Waals surface area contributed by atoms with Crippen LogP contribution in [0.4, 0.5) is 26.3 Å². The predicted molar refractivity (Wildman–Crippen MR) is 174 cm³/mol. The molecule has 0 aliphatic heterocycles. The number of hydrogen-bond acceptors (Lipinski definition) is 1. The van der Waals surface area contributed by atoms with Crippen molar-refractivity contribution in [1.82, 2.24) is 0 Å². The molecule has 8 heteroatoms. The lowest BCUT2D eigenvalue weighted by atomic mass is 9.92. The monoisotopic (exact) mass is 644 g/mol. The van der Waals surface area contributed by atoms with E-state index in [0.29, 0.717) is 44.5 Å². The quantitative estimate of drug-likeness (QED) is 0.105. The summed E-state index contributed by atoms with van der Waals surface area (Å²) in [7, 11) is 0. The van der Waals surface area contributed by atoms with E-state index < -0.39 is 23.6 Å². The van der Waals surface area contributed by atoms with E-state index in [2.05, 4.69) is 10.9 Å². The molecule has 2 aliphatic carbocycles. The standard InChI is InChI=1S/C40H22F6N2/c1-21-4-6-23(7-5-21)25-10-14-28-32(18-25)34(22(2)20-47)30-16-17-31-36(35(28)30)29-15-11-26(24-8-12-27(13-9-24)39(41,42)43)19-33(29)37(31)38(48-3)40(44,45)46/h4-19H,1-2H3/b34-22+,38-37+. The number of nitrogens with zero attached hydrogens (tertiary/aromatic N) is 2. The highest BCUT2D eigenvalue weighted by atomic mass is 19.4. The fourth-order valence-corrected chi connectivity index (χ4v) is 6.74. The highest BCUT2D eigenvalue weighted by Gasteiger charge is 2.43. The van der Waals surface area contributed by atoms with Crippen molar-refractivity contribution in [3.63, 3.8) is 0 Å². The van der Waals surface area contributed by atoms with Crippen LogP contribution in [0.3, 0.4) is 0 Å². The van der Waals surface area contributed by atoms with Crippen LogP contribution in [-0.4, -0.2) is 6.18 Å². The van der Waals surface area contributed by atoms with Crippen molar-refractivity contribution >= 4 is 11.1 Å². The molecular weight excluding hydrogens is 622 g/mol. The maximum Gasteiger partial charge on any atom is 0.420 e. The van der Waals surface area contributed by atoms with Crippen molar-refractivity contribution < 1.29 is 26.3 Å². The van der Waals surface area contributed by atoms with Gasteiger partial charge in [0, 0.05) is 16.7 Å². The van der Waals surface area contributed by atoms with E-state index in [1.165, 1.54) is 18.2 Å². The van der Waals surface area contributed by atoms with Gasteiger partial charge in [0.05, 0.1) is 18.2 Å². The largest absolute Gasteiger partial charge is 0.420 e. The van der Waals surface area contributed by atoms with E-state index in [0.717, 1.165) is 39.9 Å². The third-order valence-corrected chi connectivity index (χ3v) is 8.95. The fraction of sp³-hybridized carbons (Fsp3) is 0.100. The van der Waals surface area contributed by atoms with Crippen LogP contribution in [0.2, 0.25) is 0 Å². The summed E-state index contributed by atoms with van der Waals surface area (Å²) in [5.41, 5.74) is 6.60. The Labute approximate surface area is 272 Å². The minimum atomic E-state index is -4.97. The summed E-state index contributed by atoms with van der Waals surface area (Å²) in [6.07, 6.45) is -9.51. The number of allylic oxidation sites excluding steroid dienone is 2. The molecule has 0 saturated heterocycles. The summed E-state index contributed by atoms with van der Waals surface area (Å²) in [4.78, 5) is 2.95. The van der Waals surface area contributed by atoms with Gasteiger partial charge in [0.1, 0.15) is 0 Å². The number of alkyl halides is 6. The number of rotatable bonds is 2. The molecule has 0 unspecified atom stereocenters. The number of benzene rings is 5. The maximum atomic E-state index is 14.5. The van der Waals surface area contributed by atoms with E-state index in [4.69, 9.17) is 6.57 Å². The minimum Gasteiger partial charge on any atom is -0.232 e. The summed E-state index contributed by atoms with van der Waals surface area (Å²) >= 11 is 0. The summed E-state index contributed by atoms with van der Waals surface area (Å²) in [6.45, 7) is 11.3. The van der Waals surface area contributed by atoms with Gasteiger partial charge in [-0.1, -0.05) is 78.4 Å². The molecular formula is C40H22F6N2. The fourth-order valence-electron chi connectivity index (χ4n) is 6.74. The Bertz CT molecular complexity index is 2320. The lowest BCUT2D eigenvalue weighted by Gasteiger charge is -2.12. The molecule has 0 saturated carbocycles. The zero-order valence-electron chi connectivity index (χ0n) is 25.4. The van der Waals surface area contributed by atoms with Crippen molar-refractivity contribution in [2.75, 3.05) is 0 Å². The smallest absolute Gasteiger partial charge is 0.232 e. The van der Waals surface area contributed by atoms with E-state index in [-0.39, 0.29) is 16.7 Å². The highest BCUT2D eigenvalue weighted by molar-refractivity contribution is 6.15. The van der Waals surface area contributed by atoms with Gasteiger partial charge in [-0.15, -0.1) is 0 Å². The van der Waals surface area contributed by atoms with Gasteiger partial charge in [0.15, 0.2) is 0 Å². The Morgan fingerprint density at radius 2 is 1.04 bits per heavy atom. The molecule has 0 bridgehead atoms. The molecule has 234 valence electrons. The molecule has 2 aliphatic rings. The number of fused-ring (bicyclic) bond motifs is 7. The van der Waals surface area contributed by atoms with Gasteiger partial charge < -0.3 is 0 Å². The first kappa shape index (κ1) is 30.8. The molecule has 0 aromatic heterocycles. The van der Waals surface area contributed by atoms with Gasteiger partial charge in [-0.05, 0) is 105 Å².